The molecule has 8 heteroatoms. The summed E-state index contributed by atoms with van der Waals surface area (Å²) in [4.78, 5) is 10.3. The normalized spacial score (nSPS) is 11.4. The molecule has 0 aliphatic rings. The van der Waals surface area contributed by atoms with E-state index in [0.717, 1.165) is 0 Å². The molecule has 5 aromatic heterocycles. The van der Waals surface area contributed by atoms with E-state index in [0.29, 0.717) is 13.1 Å². The average molecular weight is 597 g/mol. The largest absolute Gasteiger partial charge is 0.326 e. The molecule has 0 aliphatic carbocycles. The summed E-state index contributed by atoms with van der Waals surface area (Å²) in [6, 6.07) is 17.6. The Morgan fingerprint density at radius 1 is 0.633 bits per heavy atom. The molecule has 5 aromatic rings. The van der Waals surface area contributed by atoms with Gasteiger partial charge in [0.2, 0.25) is 0 Å². The average Bonchev–Trinajstić information content (AvgIpc) is 3.56. The zero-order chi connectivity index (χ0) is 20.7. The lowest BCUT2D eigenvalue weighted by atomic mass is 10.2. The monoisotopic (exact) mass is 596 g/mol. The van der Waals surface area contributed by atoms with Crippen LogP contribution in [-0.2, 0) is 13.1 Å². The Labute approximate surface area is 209 Å². The maximum Gasteiger partial charge on any atom is 0.0660 e. The summed E-state index contributed by atoms with van der Waals surface area (Å²) in [5, 5.41) is 2.12. The third-order valence-corrected chi connectivity index (χ3v) is 11.6. The van der Waals surface area contributed by atoms with Crippen LogP contribution < -0.4 is 11.5 Å². The van der Waals surface area contributed by atoms with Gasteiger partial charge >= 0.3 is 0 Å². The molecule has 5 heterocycles. The zero-order valence-electron chi connectivity index (χ0n) is 15.7. The summed E-state index contributed by atoms with van der Waals surface area (Å²) in [5.74, 6) is 0. The highest BCUT2D eigenvalue weighted by Gasteiger charge is 2.18. The predicted molar refractivity (Wildman–Crippen MR) is 146 cm³/mol. The van der Waals surface area contributed by atoms with Crippen LogP contribution in [0.3, 0.4) is 0 Å². The number of hydrogen-bond acceptors (Lipinski definition) is 7. The number of halogens is 1. The fourth-order valence-corrected chi connectivity index (χ4v) is 9.48. The first-order chi connectivity index (χ1) is 14.7. The van der Waals surface area contributed by atoms with Crippen LogP contribution in [0.1, 0.15) is 11.1 Å². The summed E-state index contributed by atoms with van der Waals surface area (Å²) in [5.41, 5.74) is 14.6. The molecule has 0 amide bonds. The minimum atomic E-state index is 0.553. The Kier molecular flexibility index (Phi) is 6.27. The van der Waals surface area contributed by atoms with Crippen LogP contribution >= 0.6 is 79.3 Å². The van der Waals surface area contributed by atoms with Gasteiger partial charge in [-0.3, -0.25) is 0 Å². The van der Waals surface area contributed by atoms with E-state index in [1.807, 2.05) is 45.3 Å². The minimum Gasteiger partial charge on any atom is -0.326 e. The van der Waals surface area contributed by atoms with Crippen molar-refractivity contribution >= 4 is 79.3 Å². The molecule has 30 heavy (non-hydrogen) atoms. The molecule has 152 valence electrons. The van der Waals surface area contributed by atoms with Gasteiger partial charge in [0.15, 0.2) is 0 Å². The minimum absolute atomic E-state index is 0.553. The third-order valence-electron chi connectivity index (χ3n) is 4.69. The van der Waals surface area contributed by atoms with E-state index in [4.69, 9.17) is 11.5 Å². The van der Waals surface area contributed by atoms with Crippen molar-refractivity contribution in [1.82, 2.24) is 0 Å². The molecule has 0 aliphatic heterocycles. The SMILES string of the molecule is NCc1cc(-c2cccs2)sc1-c1ccc(-c2sc(-c3ccc(I)s3)cc2CN)s1. The quantitative estimate of drug-likeness (QED) is 0.194. The van der Waals surface area contributed by atoms with Crippen molar-refractivity contribution in [3.8, 4) is 39.0 Å². The lowest BCUT2D eigenvalue weighted by molar-refractivity contribution is 1.09. The molecular formula is C22H17IN2S5. The first-order valence-corrected chi connectivity index (χ1v) is 14.4. The van der Waals surface area contributed by atoms with Crippen molar-refractivity contribution in [2.75, 3.05) is 0 Å². The maximum atomic E-state index is 6.11. The molecule has 0 bridgehead atoms. The number of nitrogens with two attached hydrogens (primary N) is 2. The first kappa shape index (κ1) is 21.0. The lowest BCUT2D eigenvalue weighted by Crippen LogP contribution is -1.95. The second-order valence-corrected chi connectivity index (χ2v) is 13.7. The van der Waals surface area contributed by atoms with Crippen LogP contribution in [0.2, 0.25) is 0 Å². The Morgan fingerprint density at radius 2 is 1.23 bits per heavy atom. The van der Waals surface area contributed by atoms with E-state index in [-0.39, 0.29) is 0 Å². The Bertz CT molecular complexity index is 1290. The molecule has 2 nitrogen and oxygen atoms in total. The van der Waals surface area contributed by atoms with Crippen molar-refractivity contribution in [1.29, 1.82) is 0 Å². The summed E-state index contributed by atoms with van der Waals surface area (Å²) >= 11 is 11.5. The number of rotatable bonds is 6. The molecule has 0 radical (unpaired) electrons. The van der Waals surface area contributed by atoms with Gasteiger partial charge in [-0.1, -0.05) is 6.07 Å². The molecular weight excluding hydrogens is 579 g/mol. The van der Waals surface area contributed by atoms with E-state index in [1.54, 1.807) is 11.3 Å². The van der Waals surface area contributed by atoms with Crippen LogP contribution in [0.5, 0.6) is 0 Å². The summed E-state index contributed by atoms with van der Waals surface area (Å²) in [6.07, 6.45) is 0. The highest BCUT2D eigenvalue weighted by molar-refractivity contribution is 14.1. The van der Waals surface area contributed by atoms with E-state index in [1.165, 1.54) is 53.0 Å². The zero-order valence-corrected chi connectivity index (χ0v) is 21.9. The van der Waals surface area contributed by atoms with Crippen molar-refractivity contribution in [3.63, 3.8) is 0 Å². The van der Waals surface area contributed by atoms with Gasteiger partial charge < -0.3 is 11.5 Å². The Hall–Kier alpha value is -0.850. The van der Waals surface area contributed by atoms with Crippen LogP contribution in [0.15, 0.2) is 53.9 Å². The van der Waals surface area contributed by atoms with Crippen LogP contribution in [-0.4, -0.2) is 0 Å². The maximum absolute atomic E-state index is 6.11. The van der Waals surface area contributed by atoms with Gasteiger partial charge in [-0.05, 0) is 81.6 Å². The molecule has 0 saturated heterocycles. The van der Waals surface area contributed by atoms with Crippen molar-refractivity contribution in [2.45, 2.75) is 13.1 Å². The summed E-state index contributed by atoms with van der Waals surface area (Å²) in [6.45, 7) is 1.11. The van der Waals surface area contributed by atoms with E-state index < -0.39 is 0 Å². The highest BCUT2D eigenvalue weighted by atomic mass is 127. The fraction of sp³-hybridized carbons (Fsp3) is 0.0909. The van der Waals surface area contributed by atoms with Gasteiger partial charge in [0.25, 0.3) is 0 Å². The molecule has 5 rings (SSSR count). The Morgan fingerprint density at radius 3 is 1.73 bits per heavy atom. The second kappa shape index (κ2) is 8.95. The third kappa shape index (κ3) is 4.00. The van der Waals surface area contributed by atoms with E-state index >= 15 is 0 Å². The molecule has 0 fully saturated rings. The van der Waals surface area contributed by atoms with Gasteiger partial charge in [-0.2, -0.15) is 0 Å². The molecule has 0 aromatic carbocycles. The first-order valence-electron chi connectivity index (χ1n) is 9.22. The van der Waals surface area contributed by atoms with Crippen LogP contribution in [0, 0.1) is 2.88 Å². The van der Waals surface area contributed by atoms with Gasteiger partial charge in [-0.15, -0.1) is 56.7 Å². The molecule has 0 atom stereocenters. The van der Waals surface area contributed by atoms with Crippen molar-refractivity contribution in [3.05, 3.63) is 67.9 Å². The van der Waals surface area contributed by atoms with Crippen molar-refractivity contribution < 1.29 is 0 Å². The predicted octanol–water partition coefficient (Wildman–Crippen LogP) is 8.18. The standard InChI is InChI=1S/C22H17IN2S5/c23-20-6-5-15(28-20)19-9-13(11-25)22(30-19)17-4-3-16(27-17)21-12(10-24)8-18(29-21)14-2-1-7-26-14/h1-9H,10-11,24-25H2. The van der Waals surface area contributed by atoms with E-state index in [9.17, 15) is 0 Å². The van der Waals surface area contributed by atoms with Crippen LogP contribution in [0.25, 0.3) is 39.0 Å². The van der Waals surface area contributed by atoms with Crippen LogP contribution in [0.4, 0.5) is 0 Å². The molecule has 0 saturated carbocycles. The lowest BCUT2D eigenvalue weighted by Gasteiger charge is -1.98. The van der Waals surface area contributed by atoms with E-state index in [2.05, 4.69) is 76.5 Å². The Balaban J connectivity index is 1.53. The van der Waals surface area contributed by atoms with Gasteiger partial charge in [0.05, 0.1) is 2.88 Å². The number of hydrogen-bond donors (Lipinski definition) is 2. The fourth-order valence-electron chi connectivity index (χ4n) is 3.27. The van der Waals surface area contributed by atoms with Crippen molar-refractivity contribution in [2.24, 2.45) is 11.5 Å². The number of thiophene rings is 5. The molecule has 0 unspecified atom stereocenters. The van der Waals surface area contributed by atoms with Gasteiger partial charge in [0, 0.05) is 52.1 Å². The highest BCUT2D eigenvalue weighted by Crippen LogP contribution is 2.47. The smallest absolute Gasteiger partial charge is 0.0660 e. The summed E-state index contributed by atoms with van der Waals surface area (Å²) in [7, 11) is 0. The molecule has 0 spiro atoms. The molecule has 4 N–H and O–H groups in total. The van der Waals surface area contributed by atoms with Gasteiger partial charge in [0.1, 0.15) is 0 Å². The second-order valence-electron chi connectivity index (χ2n) is 6.58. The summed E-state index contributed by atoms with van der Waals surface area (Å²) < 4.78 is 1.30. The topological polar surface area (TPSA) is 52.0 Å². The van der Waals surface area contributed by atoms with Gasteiger partial charge in [-0.25, -0.2) is 0 Å².